The van der Waals surface area contributed by atoms with Gasteiger partial charge in [0.25, 0.3) is 0 Å². The van der Waals surface area contributed by atoms with Crippen LogP contribution in [0.2, 0.25) is 5.02 Å². The van der Waals surface area contributed by atoms with Crippen molar-refractivity contribution >= 4 is 11.6 Å². The van der Waals surface area contributed by atoms with E-state index >= 15 is 0 Å². The minimum atomic E-state index is -0.677. The Morgan fingerprint density at radius 3 is 2.64 bits per heavy atom. The Balaban J connectivity index is 2.94. The second kappa shape index (κ2) is 4.79. The van der Waals surface area contributed by atoms with Crippen molar-refractivity contribution < 1.29 is 8.78 Å². The average molecular weight is 218 g/mol. The van der Waals surface area contributed by atoms with Crippen LogP contribution in [0.4, 0.5) is 8.78 Å². The number of nitrogens with zero attached hydrogens (tertiary/aromatic N) is 3. The summed E-state index contributed by atoms with van der Waals surface area (Å²) >= 11 is 5.53. The Labute approximate surface area is 83.9 Å². The Kier molecular flexibility index (Phi) is 3.68. The normalized spacial score (nSPS) is 9.64. The molecule has 0 unspecified atom stereocenters. The SMILES string of the molecule is [N-]=[N+]=NCCc1c(F)ccc(F)c1Cl. The van der Waals surface area contributed by atoms with Crippen LogP contribution in [0.5, 0.6) is 0 Å². The highest BCUT2D eigenvalue weighted by Gasteiger charge is 2.10. The third-order valence-corrected chi connectivity index (χ3v) is 2.07. The van der Waals surface area contributed by atoms with Crippen molar-refractivity contribution in [3.63, 3.8) is 0 Å². The van der Waals surface area contributed by atoms with Gasteiger partial charge in [-0.05, 0) is 24.1 Å². The van der Waals surface area contributed by atoms with Gasteiger partial charge in [-0.25, -0.2) is 8.78 Å². The van der Waals surface area contributed by atoms with Crippen molar-refractivity contribution in [3.05, 3.63) is 44.8 Å². The summed E-state index contributed by atoms with van der Waals surface area (Å²) in [7, 11) is 0. The summed E-state index contributed by atoms with van der Waals surface area (Å²) in [6, 6.07) is 1.95. The average Bonchev–Trinajstić information content (AvgIpc) is 2.18. The maximum Gasteiger partial charge on any atom is 0.142 e. The highest BCUT2D eigenvalue weighted by Crippen LogP contribution is 2.23. The zero-order chi connectivity index (χ0) is 10.6. The Bertz CT molecular complexity index is 388. The second-order valence-electron chi connectivity index (χ2n) is 2.53. The molecule has 0 atom stereocenters. The molecule has 0 aliphatic rings. The van der Waals surface area contributed by atoms with Crippen LogP contribution in [0.3, 0.4) is 0 Å². The predicted octanol–water partition coefficient (Wildman–Crippen LogP) is 3.47. The van der Waals surface area contributed by atoms with Crippen LogP contribution in [-0.4, -0.2) is 6.54 Å². The summed E-state index contributed by atoms with van der Waals surface area (Å²) in [6.07, 6.45) is 0.0898. The van der Waals surface area contributed by atoms with Crippen LogP contribution in [0.25, 0.3) is 10.4 Å². The fourth-order valence-corrected chi connectivity index (χ4v) is 1.25. The van der Waals surface area contributed by atoms with Crippen molar-refractivity contribution in [2.75, 3.05) is 6.54 Å². The van der Waals surface area contributed by atoms with Crippen molar-refractivity contribution in [2.45, 2.75) is 6.42 Å². The van der Waals surface area contributed by atoms with Gasteiger partial charge in [0.05, 0.1) is 5.02 Å². The van der Waals surface area contributed by atoms with Crippen LogP contribution >= 0.6 is 11.6 Å². The molecular weight excluding hydrogens is 212 g/mol. The molecule has 0 amide bonds. The second-order valence-corrected chi connectivity index (χ2v) is 2.90. The third kappa shape index (κ3) is 2.34. The zero-order valence-corrected chi connectivity index (χ0v) is 7.80. The van der Waals surface area contributed by atoms with Gasteiger partial charge >= 0.3 is 0 Å². The lowest BCUT2D eigenvalue weighted by Crippen LogP contribution is -1.96. The summed E-state index contributed by atoms with van der Waals surface area (Å²) in [4.78, 5) is 2.50. The van der Waals surface area contributed by atoms with E-state index in [0.29, 0.717) is 0 Å². The largest absolute Gasteiger partial charge is 0.207 e. The van der Waals surface area contributed by atoms with Crippen LogP contribution in [0.1, 0.15) is 5.56 Å². The zero-order valence-electron chi connectivity index (χ0n) is 7.04. The highest BCUT2D eigenvalue weighted by molar-refractivity contribution is 6.31. The molecule has 0 bridgehead atoms. The molecule has 14 heavy (non-hydrogen) atoms. The first-order valence-corrected chi connectivity index (χ1v) is 4.18. The minimum absolute atomic E-state index is 0.0408. The molecule has 0 saturated heterocycles. The molecule has 74 valence electrons. The molecule has 0 N–H and O–H groups in total. The standard InChI is InChI=1S/C8H6ClF2N3/c9-8-5(3-4-13-14-12)6(10)1-2-7(8)11/h1-2H,3-4H2. The van der Waals surface area contributed by atoms with E-state index in [1.807, 2.05) is 0 Å². The Morgan fingerprint density at radius 1 is 1.36 bits per heavy atom. The Hall–Kier alpha value is -1.32. The Morgan fingerprint density at radius 2 is 2.00 bits per heavy atom. The van der Waals surface area contributed by atoms with Gasteiger partial charge in [-0.15, -0.1) is 0 Å². The smallest absolute Gasteiger partial charge is 0.142 e. The number of benzene rings is 1. The molecule has 1 aromatic carbocycles. The molecule has 1 rings (SSSR count). The van der Waals surface area contributed by atoms with Crippen molar-refractivity contribution in [2.24, 2.45) is 5.11 Å². The highest BCUT2D eigenvalue weighted by atomic mass is 35.5. The molecular formula is C8H6ClF2N3. The monoisotopic (exact) mass is 217 g/mol. The summed E-state index contributed by atoms with van der Waals surface area (Å²) in [6.45, 7) is 0.0522. The number of hydrogen-bond acceptors (Lipinski definition) is 1. The topological polar surface area (TPSA) is 48.8 Å². The molecule has 0 spiro atoms. The molecule has 3 nitrogen and oxygen atoms in total. The number of halogens is 3. The predicted molar refractivity (Wildman–Crippen MR) is 49.1 cm³/mol. The molecule has 0 heterocycles. The molecule has 0 aromatic heterocycles. The molecule has 0 saturated carbocycles. The van der Waals surface area contributed by atoms with E-state index in [1.165, 1.54) is 0 Å². The molecule has 0 radical (unpaired) electrons. The summed E-state index contributed by atoms with van der Waals surface area (Å²) < 4.78 is 25.9. The number of rotatable bonds is 3. The quantitative estimate of drug-likeness (QED) is 0.322. The first kappa shape index (κ1) is 10.8. The van der Waals surface area contributed by atoms with E-state index in [4.69, 9.17) is 17.1 Å². The van der Waals surface area contributed by atoms with E-state index in [0.717, 1.165) is 12.1 Å². The van der Waals surface area contributed by atoms with E-state index < -0.39 is 11.6 Å². The van der Waals surface area contributed by atoms with Gasteiger partial charge in [-0.3, -0.25) is 0 Å². The lowest BCUT2D eigenvalue weighted by atomic mass is 10.1. The van der Waals surface area contributed by atoms with Crippen LogP contribution in [0, 0.1) is 11.6 Å². The first-order chi connectivity index (χ1) is 6.66. The molecule has 0 aliphatic heterocycles. The van der Waals surface area contributed by atoms with Gasteiger partial charge in [-0.1, -0.05) is 16.7 Å². The number of hydrogen-bond donors (Lipinski definition) is 0. The van der Waals surface area contributed by atoms with E-state index in [-0.39, 0.29) is 23.6 Å². The van der Waals surface area contributed by atoms with Crippen LogP contribution in [0.15, 0.2) is 17.2 Å². The molecule has 0 aliphatic carbocycles. The fraction of sp³-hybridized carbons (Fsp3) is 0.250. The van der Waals surface area contributed by atoms with Gasteiger partial charge in [0.1, 0.15) is 11.6 Å². The summed E-state index contributed by atoms with van der Waals surface area (Å²) in [5.74, 6) is -1.27. The lowest BCUT2D eigenvalue weighted by molar-refractivity contribution is 0.585. The van der Waals surface area contributed by atoms with Gasteiger partial charge in [0.2, 0.25) is 0 Å². The lowest BCUT2D eigenvalue weighted by Gasteiger charge is -2.04. The minimum Gasteiger partial charge on any atom is -0.207 e. The fourth-order valence-electron chi connectivity index (χ4n) is 1.00. The van der Waals surface area contributed by atoms with Crippen molar-refractivity contribution in [1.82, 2.24) is 0 Å². The van der Waals surface area contributed by atoms with Gasteiger partial charge in [0.15, 0.2) is 0 Å². The van der Waals surface area contributed by atoms with Crippen molar-refractivity contribution in [3.8, 4) is 0 Å². The van der Waals surface area contributed by atoms with Gasteiger partial charge < -0.3 is 0 Å². The van der Waals surface area contributed by atoms with Gasteiger partial charge in [0, 0.05) is 17.0 Å². The van der Waals surface area contributed by atoms with E-state index in [9.17, 15) is 8.78 Å². The van der Waals surface area contributed by atoms with Crippen LogP contribution in [-0.2, 0) is 6.42 Å². The van der Waals surface area contributed by atoms with Crippen molar-refractivity contribution in [1.29, 1.82) is 0 Å². The third-order valence-electron chi connectivity index (χ3n) is 1.66. The van der Waals surface area contributed by atoms with Crippen LogP contribution < -0.4 is 0 Å². The maximum atomic E-state index is 13.1. The number of azide groups is 1. The maximum absolute atomic E-state index is 13.1. The first-order valence-electron chi connectivity index (χ1n) is 3.80. The summed E-state index contributed by atoms with van der Waals surface area (Å²) in [5, 5.41) is 2.96. The van der Waals surface area contributed by atoms with E-state index in [2.05, 4.69) is 10.0 Å². The molecule has 6 heteroatoms. The molecule has 1 aromatic rings. The van der Waals surface area contributed by atoms with E-state index in [1.54, 1.807) is 0 Å². The molecule has 0 fully saturated rings. The van der Waals surface area contributed by atoms with Gasteiger partial charge in [-0.2, -0.15) is 0 Å². The summed E-state index contributed by atoms with van der Waals surface area (Å²) in [5.41, 5.74) is 8.04.